The number of anilines is 1. The second-order valence-electron chi connectivity index (χ2n) is 10.5. The Hall–Kier alpha value is -1.96. The highest BCUT2D eigenvalue weighted by atomic mass is 16.6. The summed E-state index contributed by atoms with van der Waals surface area (Å²) in [7, 11) is -1.53. The van der Waals surface area contributed by atoms with E-state index in [1.807, 2.05) is 20.8 Å². The molecule has 0 aliphatic carbocycles. The summed E-state index contributed by atoms with van der Waals surface area (Å²) in [5.74, 6) is 0.716. The van der Waals surface area contributed by atoms with Gasteiger partial charge in [-0.3, -0.25) is 9.80 Å². The molecular weight excluding hydrogens is 451 g/mol. The molecule has 1 atom stereocenters. The van der Waals surface area contributed by atoms with Gasteiger partial charge in [-0.15, -0.1) is 0 Å². The first-order chi connectivity index (χ1) is 16.7. The normalized spacial score (nSPS) is 24.9. The van der Waals surface area contributed by atoms with E-state index in [1.165, 1.54) is 0 Å². The smallest absolute Gasteiger partial charge is 0.444 e. The topological polar surface area (TPSA) is 114 Å². The van der Waals surface area contributed by atoms with Crippen LogP contribution < -0.4 is 15.7 Å². The summed E-state index contributed by atoms with van der Waals surface area (Å²) in [5, 5.41) is 22.7. The number of carbonyl (C=O) groups excluding carboxylic acids is 1. The quantitative estimate of drug-likeness (QED) is 0.433. The molecule has 3 aliphatic heterocycles. The van der Waals surface area contributed by atoms with E-state index in [4.69, 9.17) is 9.47 Å². The Morgan fingerprint density at radius 3 is 2.54 bits per heavy atom. The van der Waals surface area contributed by atoms with Crippen molar-refractivity contribution in [2.45, 2.75) is 32.1 Å². The molecule has 35 heavy (non-hydrogen) atoms. The molecule has 4 rings (SSSR count). The maximum Gasteiger partial charge on any atom is 0.488 e. The van der Waals surface area contributed by atoms with Gasteiger partial charge >= 0.3 is 13.2 Å². The first-order valence-corrected chi connectivity index (χ1v) is 12.5. The molecule has 1 aromatic heterocycles. The van der Waals surface area contributed by atoms with Crippen LogP contribution in [0.2, 0.25) is 0 Å². The molecule has 0 radical (unpaired) electrons. The first kappa shape index (κ1) is 26.1. The predicted molar refractivity (Wildman–Crippen MR) is 134 cm³/mol. The fraction of sp³-hybridized carbons (Fsp3) is 0.739. The van der Waals surface area contributed by atoms with Crippen molar-refractivity contribution in [3.63, 3.8) is 0 Å². The van der Waals surface area contributed by atoms with Crippen LogP contribution in [-0.2, 0) is 9.47 Å². The van der Waals surface area contributed by atoms with Crippen molar-refractivity contribution in [1.82, 2.24) is 25.0 Å². The number of hydrogen-bond acceptors (Lipinski definition) is 10. The molecule has 3 N–H and O–H groups in total. The van der Waals surface area contributed by atoms with Crippen LogP contribution in [0.25, 0.3) is 0 Å². The van der Waals surface area contributed by atoms with Crippen LogP contribution in [-0.4, -0.2) is 133 Å². The Morgan fingerprint density at radius 1 is 1.17 bits per heavy atom. The molecule has 3 fully saturated rings. The molecule has 11 nitrogen and oxygen atoms in total. The fourth-order valence-electron chi connectivity index (χ4n) is 4.96. The number of pyridine rings is 1. The van der Waals surface area contributed by atoms with Gasteiger partial charge in [0.1, 0.15) is 11.4 Å². The summed E-state index contributed by atoms with van der Waals surface area (Å²) in [6.07, 6.45) is 1.35. The third-order valence-corrected chi connectivity index (χ3v) is 6.75. The van der Waals surface area contributed by atoms with E-state index < -0.39 is 18.4 Å². The van der Waals surface area contributed by atoms with Crippen LogP contribution in [0.4, 0.5) is 10.6 Å². The number of ether oxygens (including phenoxy) is 2. The van der Waals surface area contributed by atoms with E-state index in [9.17, 15) is 14.8 Å². The van der Waals surface area contributed by atoms with Crippen molar-refractivity contribution < 1.29 is 24.3 Å². The molecular formula is C23H39BN6O5. The van der Waals surface area contributed by atoms with Gasteiger partial charge < -0.3 is 34.6 Å². The van der Waals surface area contributed by atoms with Gasteiger partial charge in [0.2, 0.25) is 0 Å². The molecule has 3 aliphatic rings. The highest BCUT2D eigenvalue weighted by Crippen LogP contribution is 2.28. The molecule has 0 aromatic carbocycles. The summed E-state index contributed by atoms with van der Waals surface area (Å²) < 4.78 is 12.1. The maximum absolute atomic E-state index is 12.5. The van der Waals surface area contributed by atoms with Gasteiger partial charge in [0.05, 0.1) is 13.2 Å². The van der Waals surface area contributed by atoms with Crippen molar-refractivity contribution in [2.24, 2.45) is 0 Å². The zero-order valence-electron chi connectivity index (χ0n) is 21.1. The van der Waals surface area contributed by atoms with Crippen molar-refractivity contribution in [3.05, 3.63) is 18.3 Å². The molecule has 12 heteroatoms. The van der Waals surface area contributed by atoms with E-state index >= 15 is 0 Å². The van der Waals surface area contributed by atoms with Crippen molar-refractivity contribution in [1.29, 1.82) is 0 Å². The van der Waals surface area contributed by atoms with Gasteiger partial charge in [0.15, 0.2) is 5.72 Å². The summed E-state index contributed by atoms with van der Waals surface area (Å²) in [5.41, 5.74) is -0.603. The van der Waals surface area contributed by atoms with Crippen LogP contribution in [0.15, 0.2) is 18.3 Å². The minimum Gasteiger partial charge on any atom is -0.444 e. The molecule has 3 saturated heterocycles. The monoisotopic (exact) mass is 490 g/mol. The highest BCUT2D eigenvalue weighted by Gasteiger charge is 2.45. The van der Waals surface area contributed by atoms with Crippen LogP contribution in [0.5, 0.6) is 0 Å². The number of morpholine rings is 1. The summed E-state index contributed by atoms with van der Waals surface area (Å²) in [6.45, 7) is 14.5. The number of carbonyl (C=O) groups is 1. The van der Waals surface area contributed by atoms with Gasteiger partial charge in [0.25, 0.3) is 0 Å². The fourth-order valence-corrected chi connectivity index (χ4v) is 4.96. The number of aromatic nitrogens is 1. The Labute approximate surface area is 208 Å². The lowest BCUT2D eigenvalue weighted by Gasteiger charge is -2.52. The molecule has 0 saturated carbocycles. The molecule has 194 valence electrons. The number of nitrogens with zero attached hydrogens (tertiary/aromatic N) is 5. The molecule has 1 aromatic rings. The van der Waals surface area contributed by atoms with E-state index in [0.717, 1.165) is 39.3 Å². The van der Waals surface area contributed by atoms with Crippen LogP contribution in [0.3, 0.4) is 0 Å². The van der Waals surface area contributed by atoms with Gasteiger partial charge in [-0.1, -0.05) is 0 Å². The van der Waals surface area contributed by atoms with E-state index in [1.54, 1.807) is 23.2 Å². The predicted octanol–water partition coefficient (Wildman–Crippen LogP) is -1.25. The van der Waals surface area contributed by atoms with Crippen molar-refractivity contribution in [3.8, 4) is 0 Å². The Morgan fingerprint density at radius 2 is 1.89 bits per heavy atom. The first-order valence-electron chi connectivity index (χ1n) is 12.5. The number of piperazine rings is 2. The maximum atomic E-state index is 12.5. The summed E-state index contributed by atoms with van der Waals surface area (Å²) in [6, 6.07) is 3.35. The lowest BCUT2D eigenvalue weighted by Crippen LogP contribution is -2.69. The van der Waals surface area contributed by atoms with Gasteiger partial charge in [-0.2, -0.15) is 0 Å². The molecule has 0 spiro atoms. The zero-order valence-corrected chi connectivity index (χ0v) is 21.1. The second-order valence-corrected chi connectivity index (χ2v) is 10.5. The Balaban J connectivity index is 1.47. The Bertz CT molecular complexity index is 857. The van der Waals surface area contributed by atoms with Gasteiger partial charge in [-0.25, -0.2) is 9.78 Å². The minimum atomic E-state index is -1.53. The number of amides is 1. The average Bonchev–Trinajstić information content (AvgIpc) is 2.84. The van der Waals surface area contributed by atoms with E-state index in [2.05, 4.69) is 25.0 Å². The molecule has 0 unspecified atom stereocenters. The number of nitrogens with one attached hydrogen (secondary N) is 1. The number of rotatable bonds is 5. The van der Waals surface area contributed by atoms with E-state index in [-0.39, 0.29) is 6.09 Å². The largest absolute Gasteiger partial charge is 0.488 e. The van der Waals surface area contributed by atoms with Gasteiger partial charge in [0, 0.05) is 71.6 Å². The summed E-state index contributed by atoms with van der Waals surface area (Å²) in [4.78, 5) is 25.7. The third-order valence-electron chi connectivity index (χ3n) is 6.75. The van der Waals surface area contributed by atoms with E-state index in [0.29, 0.717) is 50.6 Å². The highest BCUT2D eigenvalue weighted by molar-refractivity contribution is 6.58. The SMILES string of the molecule is CC(C)(C)OC(=O)N1CCN(C[C@@]2(N3CCNCC3)CN(c3cc(B(O)O)ccn3)CCO2)CC1. The molecule has 1 amide bonds. The Kier molecular flexibility index (Phi) is 8.19. The van der Waals surface area contributed by atoms with Crippen LogP contribution in [0.1, 0.15) is 20.8 Å². The summed E-state index contributed by atoms with van der Waals surface area (Å²) >= 11 is 0. The lowest BCUT2D eigenvalue weighted by atomic mass is 9.81. The average molecular weight is 490 g/mol. The van der Waals surface area contributed by atoms with Gasteiger partial charge in [-0.05, 0) is 38.4 Å². The number of hydrogen-bond donors (Lipinski definition) is 3. The van der Waals surface area contributed by atoms with Crippen molar-refractivity contribution >= 4 is 24.5 Å². The second kappa shape index (κ2) is 11.0. The molecule has 4 heterocycles. The third kappa shape index (κ3) is 6.63. The minimum absolute atomic E-state index is 0.258. The standard InChI is InChI=1S/C23H39BN6O5/c1-22(2,3)35-21(31)28-12-10-27(11-13-28)17-23(30-8-6-25-7-9-30)18-29(14-15-34-23)20-16-19(24(32)33)4-5-26-20/h4-5,16,25,32-33H,6-15,17-18H2,1-3H3/t23-/m0/s1. The lowest BCUT2D eigenvalue weighted by molar-refractivity contribution is -0.179. The molecule has 0 bridgehead atoms. The zero-order chi connectivity index (χ0) is 25.1. The van der Waals surface area contributed by atoms with Crippen molar-refractivity contribution in [2.75, 3.05) is 83.5 Å². The van der Waals surface area contributed by atoms with Crippen LogP contribution in [0, 0.1) is 0 Å². The van der Waals surface area contributed by atoms with Crippen LogP contribution >= 0.6 is 0 Å².